The number of pyridine rings is 1. The van der Waals surface area contributed by atoms with Crippen molar-refractivity contribution in [3.8, 4) is 5.75 Å². The lowest BCUT2D eigenvalue weighted by Gasteiger charge is -2.25. The molecule has 3 rings (SSSR count). The molecule has 1 aromatic heterocycles. The average molecular weight is 391 g/mol. The highest BCUT2D eigenvalue weighted by molar-refractivity contribution is 9.10. The number of esters is 1. The summed E-state index contributed by atoms with van der Waals surface area (Å²) in [5.41, 5.74) is 1.10. The molecule has 126 valence electrons. The van der Waals surface area contributed by atoms with Gasteiger partial charge in [-0.25, -0.2) is 9.78 Å². The number of anilines is 1. The number of para-hydroxylation sites is 1. The maximum Gasteiger partial charge on any atom is 0.329 e. The molecule has 0 radical (unpaired) electrons. The number of nitrogens with one attached hydrogen (secondary N) is 1. The van der Waals surface area contributed by atoms with E-state index >= 15 is 0 Å². The van der Waals surface area contributed by atoms with Gasteiger partial charge in [0.2, 0.25) is 0 Å². The number of nitrogens with zero attached hydrogens (tertiary/aromatic N) is 1. The molecular formula is C18H19BrN2O3. The van der Waals surface area contributed by atoms with Crippen LogP contribution in [0.15, 0.2) is 41.0 Å². The fourth-order valence-electron chi connectivity index (χ4n) is 3.02. The maximum atomic E-state index is 12.4. The lowest BCUT2D eigenvalue weighted by Crippen LogP contribution is -2.26. The highest BCUT2D eigenvalue weighted by Gasteiger charge is 2.46. The molecule has 1 aromatic carbocycles. The zero-order valence-corrected chi connectivity index (χ0v) is 15.4. The number of benzene rings is 1. The van der Waals surface area contributed by atoms with E-state index in [-0.39, 0.29) is 5.97 Å². The molecule has 0 amide bonds. The predicted octanol–water partition coefficient (Wildman–Crippen LogP) is 3.80. The smallest absolute Gasteiger partial charge is 0.329 e. The van der Waals surface area contributed by atoms with Crippen LogP contribution in [0.1, 0.15) is 24.5 Å². The van der Waals surface area contributed by atoms with Crippen LogP contribution in [0.25, 0.3) is 0 Å². The van der Waals surface area contributed by atoms with Crippen LogP contribution < -0.4 is 10.1 Å². The van der Waals surface area contributed by atoms with Crippen LogP contribution >= 0.6 is 15.9 Å². The number of ether oxygens (including phenoxy) is 2. The summed E-state index contributed by atoms with van der Waals surface area (Å²) in [6.07, 6.45) is 2.21. The van der Waals surface area contributed by atoms with Gasteiger partial charge in [0.15, 0.2) is 0 Å². The number of aromatic nitrogens is 1. The Hall–Kier alpha value is -2.08. The molecule has 2 aromatic rings. The van der Waals surface area contributed by atoms with Gasteiger partial charge in [-0.1, -0.05) is 18.2 Å². The Kier molecular flexibility index (Phi) is 4.49. The molecule has 24 heavy (non-hydrogen) atoms. The minimum atomic E-state index is -0.732. The summed E-state index contributed by atoms with van der Waals surface area (Å²) in [6.45, 7) is 3.85. The number of cyclic esters (lactones) is 1. The molecule has 1 saturated heterocycles. The molecule has 0 saturated carbocycles. The standard InChI is InChI=1S/C18H19BrN2O3/c1-11-8-12(19)10-20-16(11)21-14-9-18(2,24-17(14)22)13-6-4-5-7-15(13)23-3/h4-8,10,14H,9H2,1-3H3,(H,20,21). The third-order valence-corrected chi connectivity index (χ3v) is 4.67. The number of carbonyl (C=O) groups excluding carboxylic acids is 1. The van der Waals surface area contributed by atoms with Crippen molar-refractivity contribution < 1.29 is 14.3 Å². The lowest BCUT2D eigenvalue weighted by atomic mass is 9.90. The Labute approximate surface area is 149 Å². The van der Waals surface area contributed by atoms with Gasteiger partial charge in [0.25, 0.3) is 0 Å². The van der Waals surface area contributed by atoms with Crippen molar-refractivity contribution in [3.05, 3.63) is 52.1 Å². The summed E-state index contributed by atoms with van der Waals surface area (Å²) in [5, 5.41) is 3.20. The largest absolute Gasteiger partial charge is 0.496 e. The lowest BCUT2D eigenvalue weighted by molar-refractivity contribution is -0.148. The fraction of sp³-hybridized carbons (Fsp3) is 0.333. The third kappa shape index (κ3) is 3.11. The number of hydrogen-bond donors (Lipinski definition) is 1. The number of carbonyl (C=O) groups is 1. The Bertz CT molecular complexity index is 781. The van der Waals surface area contributed by atoms with Gasteiger partial charge in [0.1, 0.15) is 23.2 Å². The monoisotopic (exact) mass is 390 g/mol. The normalized spacial score (nSPS) is 23.0. The summed E-state index contributed by atoms with van der Waals surface area (Å²) in [4.78, 5) is 16.7. The van der Waals surface area contributed by atoms with Gasteiger partial charge >= 0.3 is 5.97 Å². The zero-order chi connectivity index (χ0) is 17.3. The van der Waals surface area contributed by atoms with Gasteiger partial charge in [-0.3, -0.25) is 0 Å². The first-order valence-electron chi connectivity index (χ1n) is 7.68. The predicted molar refractivity (Wildman–Crippen MR) is 95.1 cm³/mol. The first-order chi connectivity index (χ1) is 11.4. The Morgan fingerprint density at radius 3 is 2.88 bits per heavy atom. The van der Waals surface area contributed by atoms with E-state index < -0.39 is 11.6 Å². The van der Waals surface area contributed by atoms with Gasteiger partial charge < -0.3 is 14.8 Å². The van der Waals surface area contributed by atoms with Crippen LogP contribution in [-0.2, 0) is 15.1 Å². The molecule has 0 aliphatic carbocycles. The van der Waals surface area contributed by atoms with Gasteiger partial charge in [0, 0.05) is 22.7 Å². The van der Waals surface area contributed by atoms with Crippen molar-refractivity contribution >= 4 is 27.7 Å². The van der Waals surface area contributed by atoms with Gasteiger partial charge in [0.05, 0.1) is 7.11 Å². The number of aryl methyl sites for hydroxylation is 1. The highest BCUT2D eigenvalue weighted by Crippen LogP contribution is 2.41. The van der Waals surface area contributed by atoms with Crippen molar-refractivity contribution in [1.82, 2.24) is 4.98 Å². The second-order valence-corrected chi connectivity index (χ2v) is 6.99. The van der Waals surface area contributed by atoms with E-state index in [1.54, 1.807) is 13.3 Å². The molecule has 6 heteroatoms. The summed E-state index contributed by atoms with van der Waals surface area (Å²) in [7, 11) is 1.61. The molecule has 1 aliphatic heterocycles. The molecule has 1 fully saturated rings. The van der Waals surface area contributed by atoms with Gasteiger partial charge in [-0.2, -0.15) is 0 Å². The van der Waals surface area contributed by atoms with E-state index in [2.05, 4.69) is 26.2 Å². The van der Waals surface area contributed by atoms with Crippen molar-refractivity contribution in [1.29, 1.82) is 0 Å². The quantitative estimate of drug-likeness (QED) is 0.804. The second-order valence-electron chi connectivity index (χ2n) is 6.07. The summed E-state index contributed by atoms with van der Waals surface area (Å²) >= 11 is 3.39. The SMILES string of the molecule is COc1ccccc1C1(C)CC(Nc2ncc(Br)cc2C)C(=O)O1. The molecule has 2 heterocycles. The summed E-state index contributed by atoms with van der Waals surface area (Å²) in [5.74, 6) is 1.11. The van der Waals surface area contributed by atoms with Crippen molar-refractivity contribution in [3.63, 3.8) is 0 Å². The minimum Gasteiger partial charge on any atom is -0.496 e. The van der Waals surface area contributed by atoms with Gasteiger partial charge in [-0.15, -0.1) is 0 Å². The highest BCUT2D eigenvalue weighted by atomic mass is 79.9. The first kappa shape index (κ1) is 16.8. The van der Waals surface area contributed by atoms with E-state index in [0.717, 1.165) is 15.6 Å². The third-order valence-electron chi connectivity index (χ3n) is 4.24. The topological polar surface area (TPSA) is 60.5 Å². The molecule has 1 N–H and O–H groups in total. The van der Waals surface area contributed by atoms with Crippen LogP contribution in [0.3, 0.4) is 0 Å². The minimum absolute atomic E-state index is 0.285. The molecule has 5 nitrogen and oxygen atoms in total. The second kappa shape index (κ2) is 6.43. The van der Waals surface area contributed by atoms with Crippen LogP contribution in [-0.4, -0.2) is 24.1 Å². The molecule has 0 spiro atoms. The van der Waals surface area contributed by atoms with E-state index in [9.17, 15) is 4.79 Å². The molecule has 2 unspecified atom stereocenters. The van der Waals surface area contributed by atoms with E-state index in [1.165, 1.54) is 0 Å². The zero-order valence-electron chi connectivity index (χ0n) is 13.8. The van der Waals surface area contributed by atoms with Crippen LogP contribution in [0, 0.1) is 6.92 Å². The number of methoxy groups -OCH3 is 1. The molecule has 1 aliphatic rings. The fourth-order valence-corrected chi connectivity index (χ4v) is 3.47. The Morgan fingerprint density at radius 1 is 1.42 bits per heavy atom. The van der Waals surface area contributed by atoms with E-state index in [4.69, 9.17) is 9.47 Å². The molecule has 2 atom stereocenters. The van der Waals surface area contributed by atoms with Crippen LogP contribution in [0.5, 0.6) is 5.75 Å². The van der Waals surface area contributed by atoms with Crippen molar-refractivity contribution in [2.24, 2.45) is 0 Å². The van der Waals surface area contributed by atoms with E-state index in [1.807, 2.05) is 44.2 Å². The van der Waals surface area contributed by atoms with Crippen molar-refractivity contribution in [2.75, 3.05) is 12.4 Å². The Balaban J connectivity index is 1.85. The van der Waals surface area contributed by atoms with Crippen LogP contribution in [0.2, 0.25) is 0 Å². The molecular weight excluding hydrogens is 372 g/mol. The van der Waals surface area contributed by atoms with Crippen molar-refractivity contribution in [2.45, 2.75) is 31.9 Å². The Morgan fingerprint density at radius 2 is 2.17 bits per heavy atom. The van der Waals surface area contributed by atoms with Gasteiger partial charge in [-0.05, 0) is 47.5 Å². The first-order valence-corrected chi connectivity index (χ1v) is 8.47. The van der Waals surface area contributed by atoms with E-state index in [0.29, 0.717) is 18.0 Å². The summed E-state index contributed by atoms with van der Waals surface area (Å²) in [6, 6.07) is 9.11. The average Bonchev–Trinajstić information content (AvgIpc) is 2.85. The number of hydrogen-bond acceptors (Lipinski definition) is 5. The number of rotatable bonds is 4. The van der Waals surface area contributed by atoms with Crippen LogP contribution in [0.4, 0.5) is 5.82 Å². The molecule has 0 bridgehead atoms. The maximum absolute atomic E-state index is 12.4. The number of halogens is 1. The summed E-state index contributed by atoms with van der Waals surface area (Å²) < 4.78 is 12.0.